The van der Waals surface area contributed by atoms with Crippen molar-refractivity contribution in [1.82, 2.24) is 16.0 Å². The van der Waals surface area contributed by atoms with Crippen molar-refractivity contribution >= 4 is 81.2 Å². The number of benzene rings is 4. The number of halogens is 16. The van der Waals surface area contributed by atoms with Crippen LogP contribution in [-0.2, 0) is 30.3 Å². The fourth-order valence-electron chi connectivity index (χ4n) is 6.91. The monoisotopic (exact) mass is 1170 g/mol. The third-order valence-electron chi connectivity index (χ3n) is 10.3. The van der Waals surface area contributed by atoms with Gasteiger partial charge in [0.1, 0.15) is 14.5 Å². The topological polar surface area (TPSA) is 169 Å². The summed E-state index contributed by atoms with van der Waals surface area (Å²) in [6.45, 7) is -1.55. The highest BCUT2D eigenvalue weighted by Crippen LogP contribution is 2.51. The first-order chi connectivity index (χ1) is 35.0. The van der Waals surface area contributed by atoms with Crippen LogP contribution in [0.5, 0.6) is 0 Å². The Morgan fingerprint density at radius 1 is 0.632 bits per heavy atom. The van der Waals surface area contributed by atoms with E-state index in [0.717, 1.165) is 24.3 Å². The summed E-state index contributed by atoms with van der Waals surface area (Å²) >= 11 is 23.6. The number of ether oxygens (including phenoxy) is 2. The molecule has 3 amide bonds. The molecule has 4 aromatic carbocycles. The van der Waals surface area contributed by atoms with E-state index in [1.54, 1.807) is 17.6 Å². The second kappa shape index (κ2) is 26.9. The van der Waals surface area contributed by atoms with E-state index in [1.165, 1.54) is 74.0 Å². The molecule has 414 valence electrons. The molecule has 0 saturated heterocycles. The van der Waals surface area contributed by atoms with Gasteiger partial charge in [0.2, 0.25) is 23.0 Å². The fraction of sp³-hybridized carbons (Fsp3) is 0.306. The van der Waals surface area contributed by atoms with Crippen LogP contribution in [0, 0.1) is 26.7 Å². The van der Waals surface area contributed by atoms with Crippen LogP contribution >= 0.6 is 46.4 Å². The average Bonchev–Trinajstić information content (AvgIpc) is 3.97. The molecular weight excluding hydrogens is 1130 g/mol. The highest BCUT2D eigenvalue weighted by atomic mass is 35.5. The lowest BCUT2D eigenvalue weighted by Gasteiger charge is -2.30. The molecule has 0 bridgehead atoms. The summed E-state index contributed by atoms with van der Waals surface area (Å²) in [6, 6.07) is 15.7. The molecule has 2 aliphatic rings. The number of hydrogen-bond acceptors (Lipinski definition) is 7. The average molecular weight is 1170 g/mol. The minimum atomic E-state index is -4.84. The van der Waals surface area contributed by atoms with Gasteiger partial charge in [-0.1, -0.05) is 78.1 Å². The van der Waals surface area contributed by atoms with Crippen LogP contribution < -0.4 is 21.7 Å². The summed E-state index contributed by atoms with van der Waals surface area (Å²) in [4.78, 5) is 45.1. The number of amides is 3. The summed E-state index contributed by atoms with van der Waals surface area (Å²) < 4.78 is 171. The van der Waals surface area contributed by atoms with E-state index < -0.39 is 92.4 Å². The predicted molar refractivity (Wildman–Crippen MR) is 262 cm³/mol. The Morgan fingerprint density at radius 3 is 1.30 bits per heavy atom. The van der Waals surface area contributed by atoms with Crippen molar-refractivity contribution in [3.8, 4) is 12.8 Å². The van der Waals surface area contributed by atoms with Gasteiger partial charge in [-0.2, -0.15) is 52.7 Å². The van der Waals surface area contributed by atoms with Crippen molar-refractivity contribution in [3.05, 3.63) is 150 Å². The maximum atomic E-state index is 14.2. The van der Waals surface area contributed by atoms with Crippen LogP contribution in [0.25, 0.3) is 11.1 Å². The molecule has 2 heterocycles. The van der Waals surface area contributed by atoms with Crippen LogP contribution in [0.3, 0.4) is 0 Å². The summed E-state index contributed by atoms with van der Waals surface area (Å²) in [5.41, 5.74) is 1.01. The van der Waals surface area contributed by atoms with E-state index in [1.807, 2.05) is 0 Å². The first kappa shape index (κ1) is 64.3. The summed E-state index contributed by atoms with van der Waals surface area (Å²) in [6.07, 6.45) is -10.9. The molecule has 4 aromatic rings. The van der Waals surface area contributed by atoms with E-state index >= 15 is 0 Å². The quantitative estimate of drug-likeness (QED) is 0.0730. The second-order valence-electron chi connectivity index (χ2n) is 15.7. The lowest BCUT2D eigenvalue weighted by Crippen LogP contribution is -2.41. The van der Waals surface area contributed by atoms with Gasteiger partial charge in [0, 0.05) is 25.7 Å². The molecule has 0 aliphatic carbocycles. The van der Waals surface area contributed by atoms with E-state index in [4.69, 9.17) is 68.1 Å². The first-order valence-corrected chi connectivity index (χ1v) is 22.3. The first-order valence-electron chi connectivity index (χ1n) is 21.3. The van der Waals surface area contributed by atoms with Crippen LogP contribution in [0.2, 0.25) is 20.1 Å². The van der Waals surface area contributed by atoms with E-state index in [0.29, 0.717) is 27.8 Å². The highest BCUT2D eigenvalue weighted by molar-refractivity contribution is 6.35. The van der Waals surface area contributed by atoms with Crippen molar-refractivity contribution in [1.29, 1.82) is 0 Å². The minimum Gasteiger partial charge on any atom is -0.478 e. The number of rotatable bonds is 11. The molecule has 6 rings (SSSR count). The zero-order valence-corrected chi connectivity index (χ0v) is 41.4. The molecular formula is C49H44Cl4F12N4O7. The van der Waals surface area contributed by atoms with Gasteiger partial charge < -0.3 is 36.3 Å². The number of terminal acetylenes is 1. The highest BCUT2D eigenvalue weighted by Gasteiger charge is 2.59. The molecule has 0 spiro atoms. The van der Waals surface area contributed by atoms with Crippen molar-refractivity contribution in [2.75, 3.05) is 39.4 Å². The van der Waals surface area contributed by atoms with Gasteiger partial charge in [-0.15, -0.1) is 12.8 Å². The number of hydrogen-bond donors (Lipinski definition) is 5. The maximum Gasteiger partial charge on any atom is 0.425 e. The number of nitrogens with one attached hydrogen (secondary N) is 3. The number of carbonyl (C=O) groups excluding carboxylic acids is 3. The Hall–Kier alpha value is -6.00. The van der Waals surface area contributed by atoms with Crippen LogP contribution in [0.4, 0.5) is 52.7 Å². The predicted octanol–water partition coefficient (Wildman–Crippen LogP) is 12.0. The molecule has 0 fully saturated rings. The molecule has 0 saturated carbocycles. The van der Waals surface area contributed by atoms with Gasteiger partial charge in [-0.25, -0.2) is 4.79 Å². The second-order valence-corrected chi connectivity index (χ2v) is 17.5. The van der Waals surface area contributed by atoms with Crippen LogP contribution in [-0.4, -0.2) is 92.9 Å². The Labute approximate surface area is 448 Å². The largest absolute Gasteiger partial charge is 0.478 e. The Balaban J connectivity index is 0.000000434. The zero-order valence-electron chi connectivity index (χ0n) is 39.4. The molecule has 2 atom stereocenters. The lowest BCUT2D eigenvalue weighted by molar-refractivity contribution is -0.254. The third-order valence-corrected chi connectivity index (χ3v) is 11.2. The molecule has 2 aliphatic heterocycles. The standard InChI is InChI=1S/C23H18Cl2F6N2O3.C19H13Cl2F3O3.C4H7F3N2O.C2H2.CH4/c1-12-4-13(2-3-18(12)20(35)32-9-19(34)33-11-22(26,27)28)14-8-21(36-10-14,23(29,30)31)15-5-16(24)7-17(25)6-15;1-10-4-11(2-3-16(10)17(25)26)12-8-18(27-9-12,19(22,23)24)13-5-14(20)7-15(21)6-13;5-4(6,7)2-9-3(10)1-8;1-2;/h2-8H,9-11H2,1H3,(H,32,35)(H,33,34);2-8H,9H2,1H3,(H,25,26);1-2,8H2,(H,9,10);1-2H;1H4/i;;;1D;. The normalized spacial score (nSPS) is 17.2. The molecule has 11 nitrogen and oxygen atoms in total. The van der Waals surface area contributed by atoms with Crippen LogP contribution in [0.15, 0.2) is 84.9 Å². The Kier molecular flexibility index (Phi) is 22.7. The van der Waals surface area contributed by atoms with Crippen LogP contribution in [0.1, 0.15) is 62.9 Å². The van der Waals surface area contributed by atoms with Gasteiger partial charge in [0.25, 0.3) is 5.91 Å². The summed E-state index contributed by atoms with van der Waals surface area (Å²) in [7, 11) is 0. The summed E-state index contributed by atoms with van der Waals surface area (Å²) in [5.74, 6) is -3.69. The van der Waals surface area contributed by atoms with E-state index in [2.05, 4.69) is 11.7 Å². The van der Waals surface area contributed by atoms with E-state index in [9.17, 15) is 71.9 Å². The fourth-order valence-corrected chi connectivity index (χ4v) is 7.96. The molecule has 27 heteroatoms. The number of aromatic carboxylic acids is 1. The number of carbonyl (C=O) groups is 4. The van der Waals surface area contributed by atoms with Crippen molar-refractivity contribution in [2.45, 2.75) is 57.2 Å². The molecule has 0 aromatic heterocycles. The van der Waals surface area contributed by atoms with Crippen molar-refractivity contribution in [2.24, 2.45) is 5.73 Å². The molecule has 6 N–H and O–H groups in total. The smallest absolute Gasteiger partial charge is 0.425 e. The number of aryl methyl sites for hydroxylation is 2. The van der Waals surface area contributed by atoms with Gasteiger partial charge in [0.05, 0.1) is 31.9 Å². The molecule has 76 heavy (non-hydrogen) atoms. The Bertz CT molecular complexity index is 2850. The third kappa shape index (κ3) is 17.8. The Morgan fingerprint density at radius 2 is 0.987 bits per heavy atom. The van der Waals surface area contributed by atoms with Crippen molar-refractivity contribution in [3.63, 3.8) is 0 Å². The van der Waals surface area contributed by atoms with Gasteiger partial charge in [0.15, 0.2) is 0 Å². The number of carboxylic acid groups (broad SMARTS) is 1. The van der Waals surface area contributed by atoms with Gasteiger partial charge >= 0.3 is 30.7 Å². The molecule has 0 radical (unpaired) electrons. The molecule has 2 unspecified atom stereocenters. The lowest BCUT2D eigenvalue weighted by atomic mass is 9.90. The maximum absolute atomic E-state index is 14.2. The van der Waals surface area contributed by atoms with E-state index in [-0.39, 0.29) is 62.0 Å². The number of alkyl halides is 12. The van der Waals surface area contributed by atoms with Crippen molar-refractivity contribution < 1.29 is 87.8 Å². The summed E-state index contributed by atoms with van der Waals surface area (Å²) in [5, 5.41) is 14.6. The number of nitrogens with two attached hydrogens (primary N) is 1. The van der Waals surface area contributed by atoms with Gasteiger partial charge in [-0.3, -0.25) is 14.4 Å². The van der Waals surface area contributed by atoms with Gasteiger partial charge in [-0.05, 0) is 119 Å². The SMILES string of the molecule is C.Cc1cc(C2=CC(c3cc(Cl)cc(Cl)c3)(C(F)(F)F)OC2)ccc1C(=O)NCC(=O)NCC(F)(F)F.Cc1cc(C2=CC(c3cc(Cl)cc(Cl)c3)(C(F)(F)F)OC2)ccc1C(=O)O.NCC(=O)NCC(F)(F)F.[2H]C#C. The number of carboxylic acids is 1. The minimum absolute atomic E-state index is 0. The zero-order chi connectivity index (χ0) is 57.8.